The molecule has 0 bridgehead atoms. The molecule has 6 nitrogen and oxygen atoms in total. The number of amides is 2. The summed E-state index contributed by atoms with van der Waals surface area (Å²) in [5.41, 5.74) is 0.589. The fraction of sp³-hybridized carbons (Fsp3) is 0.611. The standard InChI is InChI=1S/C18H28N4O2/c1-5-21(13-17(23)20(3)4)18(24)15-9-10-19-16(12-15)22-11-7-6-8-14(22)2/h9-10,12,14H,5-8,11,13H2,1-4H3/t14-/m0/s1. The maximum absolute atomic E-state index is 12.8. The molecule has 1 aromatic heterocycles. The summed E-state index contributed by atoms with van der Waals surface area (Å²) in [5.74, 6) is 0.646. The Hall–Kier alpha value is -2.11. The average molecular weight is 332 g/mol. The van der Waals surface area contributed by atoms with E-state index in [1.807, 2.05) is 13.0 Å². The highest BCUT2D eigenvalue weighted by molar-refractivity contribution is 5.97. The van der Waals surface area contributed by atoms with Crippen molar-refractivity contribution in [3.05, 3.63) is 23.9 Å². The number of hydrogen-bond donors (Lipinski definition) is 0. The van der Waals surface area contributed by atoms with Crippen LogP contribution in [0.25, 0.3) is 0 Å². The summed E-state index contributed by atoms with van der Waals surface area (Å²) >= 11 is 0. The lowest BCUT2D eigenvalue weighted by molar-refractivity contribution is -0.129. The minimum atomic E-state index is -0.124. The zero-order valence-corrected chi connectivity index (χ0v) is 15.2. The molecule has 2 heterocycles. The Morgan fingerprint density at radius 2 is 2.08 bits per heavy atom. The number of aromatic nitrogens is 1. The van der Waals surface area contributed by atoms with Gasteiger partial charge in [0.1, 0.15) is 5.82 Å². The first-order valence-electron chi connectivity index (χ1n) is 8.66. The van der Waals surface area contributed by atoms with E-state index in [9.17, 15) is 9.59 Å². The molecule has 0 spiro atoms. The van der Waals surface area contributed by atoms with Crippen LogP contribution in [-0.4, -0.2) is 66.4 Å². The van der Waals surface area contributed by atoms with Gasteiger partial charge in [0.05, 0.1) is 6.54 Å². The third-order valence-electron chi connectivity index (χ3n) is 4.58. The largest absolute Gasteiger partial charge is 0.354 e. The maximum Gasteiger partial charge on any atom is 0.254 e. The van der Waals surface area contributed by atoms with Crippen molar-refractivity contribution >= 4 is 17.6 Å². The minimum Gasteiger partial charge on any atom is -0.354 e. The van der Waals surface area contributed by atoms with E-state index in [0.717, 1.165) is 25.2 Å². The van der Waals surface area contributed by atoms with Crippen LogP contribution in [0.1, 0.15) is 43.5 Å². The highest BCUT2D eigenvalue weighted by Crippen LogP contribution is 2.23. The Balaban J connectivity index is 2.16. The molecule has 0 saturated carbocycles. The first-order chi connectivity index (χ1) is 11.4. The van der Waals surface area contributed by atoms with Gasteiger partial charge in [-0.05, 0) is 45.2 Å². The van der Waals surface area contributed by atoms with Gasteiger partial charge in [-0.3, -0.25) is 9.59 Å². The molecule has 0 unspecified atom stereocenters. The molecule has 6 heteroatoms. The van der Waals surface area contributed by atoms with E-state index in [1.165, 1.54) is 11.3 Å². The number of likely N-dealkylation sites (N-methyl/N-ethyl adjacent to an activating group) is 2. The molecule has 0 aromatic carbocycles. The first-order valence-corrected chi connectivity index (χ1v) is 8.66. The van der Waals surface area contributed by atoms with Crippen LogP contribution in [0.2, 0.25) is 0 Å². The van der Waals surface area contributed by atoms with E-state index in [2.05, 4.69) is 16.8 Å². The highest BCUT2D eigenvalue weighted by atomic mass is 16.2. The number of rotatable bonds is 5. The Morgan fingerprint density at radius 3 is 2.71 bits per heavy atom. The van der Waals surface area contributed by atoms with E-state index in [-0.39, 0.29) is 18.4 Å². The van der Waals surface area contributed by atoms with Gasteiger partial charge in [0, 0.05) is 45.0 Å². The van der Waals surface area contributed by atoms with E-state index < -0.39 is 0 Å². The van der Waals surface area contributed by atoms with Crippen molar-refractivity contribution in [3.63, 3.8) is 0 Å². The summed E-state index contributed by atoms with van der Waals surface area (Å²) in [6.07, 6.45) is 5.24. The van der Waals surface area contributed by atoms with Gasteiger partial charge in [0.2, 0.25) is 5.91 Å². The second-order valence-corrected chi connectivity index (χ2v) is 6.55. The van der Waals surface area contributed by atoms with E-state index in [0.29, 0.717) is 18.2 Å². The Bertz CT molecular complexity index is 588. The second-order valence-electron chi connectivity index (χ2n) is 6.55. The molecule has 24 heavy (non-hydrogen) atoms. The lowest BCUT2D eigenvalue weighted by Gasteiger charge is -2.34. The van der Waals surface area contributed by atoms with Gasteiger partial charge in [0.15, 0.2) is 0 Å². The molecule has 0 N–H and O–H groups in total. The third kappa shape index (κ3) is 4.24. The zero-order valence-electron chi connectivity index (χ0n) is 15.2. The van der Waals surface area contributed by atoms with Gasteiger partial charge < -0.3 is 14.7 Å². The number of anilines is 1. The van der Waals surface area contributed by atoms with Crippen molar-refractivity contribution in [1.29, 1.82) is 0 Å². The number of nitrogens with zero attached hydrogens (tertiary/aromatic N) is 4. The van der Waals surface area contributed by atoms with Gasteiger partial charge in [-0.25, -0.2) is 4.98 Å². The molecular formula is C18H28N4O2. The molecule has 1 fully saturated rings. The monoisotopic (exact) mass is 332 g/mol. The van der Waals surface area contributed by atoms with Crippen molar-refractivity contribution < 1.29 is 9.59 Å². The fourth-order valence-electron chi connectivity index (χ4n) is 2.96. The molecule has 2 rings (SSSR count). The van der Waals surface area contributed by atoms with Crippen LogP contribution < -0.4 is 4.90 Å². The van der Waals surface area contributed by atoms with Crippen molar-refractivity contribution in [2.75, 3.05) is 38.6 Å². The SMILES string of the molecule is CCN(CC(=O)N(C)C)C(=O)c1ccnc(N2CCCC[C@@H]2C)c1. The number of hydrogen-bond acceptors (Lipinski definition) is 4. The van der Waals surface area contributed by atoms with E-state index in [1.54, 1.807) is 31.3 Å². The summed E-state index contributed by atoms with van der Waals surface area (Å²) in [6.45, 7) is 5.65. The van der Waals surface area contributed by atoms with E-state index in [4.69, 9.17) is 0 Å². The van der Waals surface area contributed by atoms with E-state index >= 15 is 0 Å². The summed E-state index contributed by atoms with van der Waals surface area (Å²) in [6, 6.07) is 4.02. The summed E-state index contributed by atoms with van der Waals surface area (Å²) < 4.78 is 0. The van der Waals surface area contributed by atoms with Crippen molar-refractivity contribution in [3.8, 4) is 0 Å². The molecule has 1 aliphatic heterocycles. The number of carbonyl (C=O) groups excluding carboxylic acids is 2. The zero-order chi connectivity index (χ0) is 17.7. The smallest absolute Gasteiger partial charge is 0.254 e. The van der Waals surface area contributed by atoms with Gasteiger partial charge >= 0.3 is 0 Å². The van der Waals surface area contributed by atoms with Gasteiger partial charge in [-0.2, -0.15) is 0 Å². The topological polar surface area (TPSA) is 56.8 Å². The fourth-order valence-corrected chi connectivity index (χ4v) is 2.96. The second kappa shape index (κ2) is 8.13. The van der Waals surface area contributed by atoms with Crippen LogP contribution in [0.4, 0.5) is 5.82 Å². The van der Waals surface area contributed by atoms with Crippen molar-refractivity contribution in [2.45, 2.75) is 39.2 Å². The number of piperidine rings is 1. The van der Waals surface area contributed by atoms with Gasteiger partial charge in [-0.15, -0.1) is 0 Å². The Morgan fingerprint density at radius 1 is 1.33 bits per heavy atom. The van der Waals surface area contributed by atoms with Crippen molar-refractivity contribution in [2.24, 2.45) is 0 Å². The van der Waals surface area contributed by atoms with Crippen LogP contribution in [0, 0.1) is 0 Å². The lowest BCUT2D eigenvalue weighted by atomic mass is 10.0. The molecule has 2 amide bonds. The van der Waals surface area contributed by atoms with Crippen LogP contribution in [0.15, 0.2) is 18.3 Å². The first kappa shape index (κ1) is 18.2. The predicted octanol–water partition coefficient (Wildman–Crippen LogP) is 2.01. The summed E-state index contributed by atoms with van der Waals surface area (Å²) in [7, 11) is 3.39. The van der Waals surface area contributed by atoms with Crippen LogP contribution in [0.3, 0.4) is 0 Å². The summed E-state index contributed by atoms with van der Waals surface area (Å²) in [5, 5.41) is 0. The van der Waals surface area contributed by atoms with Crippen LogP contribution in [-0.2, 0) is 4.79 Å². The van der Waals surface area contributed by atoms with Crippen LogP contribution in [0.5, 0.6) is 0 Å². The predicted molar refractivity (Wildman–Crippen MR) is 95.2 cm³/mol. The molecule has 0 radical (unpaired) electrons. The Labute approximate surface area is 144 Å². The average Bonchev–Trinajstić information content (AvgIpc) is 2.59. The Kier molecular flexibility index (Phi) is 6.17. The maximum atomic E-state index is 12.8. The molecule has 1 saturated heterocycles. The lowest BCUT2D eigenvalue weighted by Crippen LogP contribution is -2.40. The van der Waals surface area contributed by atoms with Gasteiger partial charge in [0.25, 0.3) is 5.91 Å². The highest BCUT2D eigenvalue weighted by Gasteiger charge is 2.22. The molecule has 1 aromatic rings. The molecule has 1 aliphatic rings. The van der Waals surface area contributed by atoms with Crippen LogP contribution >= 0.6 is 0 Å². The quantitative estimate of drug-likeness (QED) is 0.828. The third-order valence-corrected chi connectivity index (χ3v) is 4.58. The molecular weight excluding hydrogens is 304 g/mol. The summed E-state index contributed by atoms with van der Waals surface area (Å²) in [4.78, 5) is 34.5. The molecule has 132 valence electrons. The molecule has 1 atom stereocenters. The normalized spacial score (nSPS) is 17.5. The number of pyridine rings is 1. The molecule has 0 aliphatic carbocycles. The number of carbonyl (C=O) groups is 2. The van der Waals surface area contributed by atoms with Gasteiger partial charge in [-0.1, -0.05) is 0 Å². The van der Waals surface area contributed by atoms with Crippen molar-refractivity contribution in [1.82, 2.24) is 14.8 Å². The minimum absolute atomic E-state index is 0.0795.